The van der Waals surface area contributed by atoms with Gasteiger partial charge in [0.2, 0.25) is 4.96 Å². The zero-order valence-corrected chi connectivity index (χ0v) is 19.6. The van der Waals surface area contributed by atoms with Gasteiger partial charge in [-0.05, 0) is 6.92 Å². The summed E-state index contributed by atoms with van der Waals surface area (Å²) in [4.78, 5) is 51.9. The molecule has 4 aromatic heterocycles. The van der Waals surface area contributed by atoms with Crippen molar-refractivity contribution in [2.45, 2.75) is 43.9 Å². The summed E-state index contributed by atoms with van der Waals surface area (Å²) < 4.78 is 3.68. The normalized spacial score (nSPS) is 12.2. The molecule has 162 valence electrons. The molecule has 12 heteroatoms. The Morgan fingerprint density at radius 2 is 1.77 bits per heavy atom. The third-order valence-electron chi connectivity index (χ3n) is 4.69. The zero-order chi connectivity index (χ0) is 22.7. The summed E-state index contributed by atoms with van der Waals surface area (Å²) in [6, 6.07) is 1.43. The third kappa shape index (κ3) is 3.69. The first-order valence-electron chi connectivity index (χ1n) is 9.45. The Labute approximate surface area is 184 Å². The first-order chi connectivity index (χ1) is 14.5. The maximum atomic E-state index is 12.9. The molecule has 0 aliphatic carbocycles. The van der Waals surface area contributed by atoms with Crippen molar-refractivity contribution in [3.63, 3.8) is 0 Å². The number of thioether (sulfide) groups is 1. The fourth-order valence-corrected chi connectivity index (χ4v) is 4.71. The second-order valence-corrected chi connectivity index (χ2v) is 10.3. The highest BCUT2D eigenvalue weighted by molar-refractivity contribution is 7.98. The summed E-state index contributed by atoms with van der Waals surface area (Å²) in [5.74, 6) is 0.844. The Kier molecular flexibility index (Phi) is 5.09. The minimum Gasteiger partial charge on any atom is -0.280 e. The van der Waals surface area contributed by atoms with E-state index in [4.69, 9.17) is 0 Å². The van der Waals surface area contributed by atoms with Crippen LogP contribution in [-0.4, -0.2) is 33.7 Å². The molecular weight excluding hydrogens is 438 g/mol. The molecule has 0 bridgehead atoms. The van der Waals surface area contributed by atoms with Crippen LogP contribution in [0.2, 0.25) is 0 Å². The van der Waals surface area contributed by atoms with Gasteiger partial charge in [-0.2, -0.15) is 9.61 Å². The average molecular weight is 460 g/mol. The van der Waals surface area contributed by atoms with Crippen LogP contribution in [0.5, 0.6) is 0 Å². The molecule has 4 rings (SSSR count). The topological polar surface area (TPSA) is 117 Å². The van der Waals surface area contributed by atoms with Crippen LogP contribution in [-0.2, 0) is 25.3 Å². The second kappa shape index (κ2) is 7.38. The molecule has 0 atom stereocenters. The smallest absolute Gasteiger partial charge is 0.280 e. The molecule has 0 saturated carbocycles. The van der Waals surface area contributed by atoms with E-state index in [1.54, 1.807) is 7.05 Å². The summed E-state index contributed by atoms with van der Waals surface area (Å²) >= 11 is 2.62. The summed E-state index contributed by atoms with van der Waals surface area (Å²) in [6.07, 6.45) is 0. The number of hydrogen-bond acceptors (Lipinski definition) is 9. The molecule has 0 saturated heterocycles. The maximum absolute atomic E-state index is 12.9. The van der Waals surface area contributed by atoms with Crippen molar-refractivity contribution in [2.75, 3.05) is 0 Å². The average Bonchev–Trinajstić information content (AvgIpc) is 3.08. The lowest BCUT2D eigenvalue weighted by atomic mass is 9.96. The second-order valence-electron chi connectivity index (χ2n) is 8.20. The lowest BCUT2D eigenvalue weighted by molar-refractivity contribution is 0.539. The predicted molar refractivity (Wildman–Crippen MR) is 120 cm³/mol. The summed E-state index contributed by atoms with van der Waals surface area (Å²) in [6.45, 7) is 7.70. The van der Waals surface area contributed by atoms with Crippen molar-refractivity contribution in [1.29, 1.82) is 0 Å². The number of nitrogens with zero attached hydrogens (tertiary/aromatic N) is 7. The highest BCUT2D eigenvalue weighted by Crippen LogP contribution is 2.28. The first kappa shape index (κ1) is 21.4. The third-order valence-corrected chi connectivity index (χ3v) is 6.53. The molecule has 0 unspecified atom stereocenters. The highest BCUT2D eigenvalue weighted by atomic mass is 32.2. The van der Waals surface area contributed by atoms with Gasteiger partial charge in [0, 0.05) is 31.3 Å². The number of aryl methyl sites for hydroxylation is 2. The molecule has 10 nitrogen and oxygen atoms in total. The van der Waals surface area contributed by atoms with Crippen LogP contribution in [0.3, 0.4) is 0 Å². The molecular formula is C19H21N7O3S2. The molecule has 0 radical (unpaired) electrons. The fraction of sp³-hybridized carbons (Fsp3) is 0.421. The van der Waals surface area contributed by atoms with Crippen molar-refractivity contribution in [3.05, 3.63) is 53.8 Å². The standard InChI is InChI=1S/C19H21N7O3S2/c1-9-23-26-11(27)7-10(20-17(26)31-9)8-30-14-12-13(21-16(22-14)19(2,3)4)24(5)18(29)25(6)15(12)28/h7H,8H2,1-6H3. The van der Waals surface area contributed by atoms with Crippen LogP contribution in [0.25, 0.3) is 16.0 Å². The molecule has 4 aromatic rings. The van der Waals surface area contributed by atoms with E-state index in [9.17, 15) is 14.4 Å². The van der Waals surface area contributed by atoms with E-state index in [-0.39, 0.29) is 16.6 Å². The van der Waals surface area contributed by atoms with Crippen LogP contribution in [0.1, 0.15) is 37.3 Å². The van der Waals surface area contributed by atoms with Crippen LogP contribution < -0.4 is 16.8 Å². The summed E-state index contributed by atoms with van der Waals surface area (Å²) in [5.41, 5.74) is -0.709. The van der Waals surface area contributed by atoms with Gasteiger partial charge in [-0.3, -0.25) is 18.7 Å². The highest BCUT2D eigenvalue weighted by Gasteiger charge is 2.23. The van der Waals surface area contributed by atoms with Crippen molar-refractivity contribution < 1.29 is 0 Å². The lowest BCUT2D eigenvalue weighted by Gasteiger charge is -2.19. The first-order valence-corrected chi connectivity index (χ1v) is 11.2. The SMILES string of the molecule is Cc1nn2c(=O)cc(CSc3nc(C(C)(C)C)nc4c3c(=O)n(C)c(=O)n4C)nc2s1. The quantitative estimate of drug-likeness (QED) is 0.333. The Hall–Kier alpha value is -2.86. The van der Waals surface area contributed by atoms with Gasteiger partial charge < -0.3 is 0 Å². The predicted octanol–water partition coefficient (Wildman–Crippen LogP) is 1.39. The van der Waals surface area contributed by atoms with E-state index in [1.165, 1.54) is 45.3 Å². The van der Waals surface area contributed by atoms with Gasteiger partial charge in [0.1, 0.15) is 21.2 Å². The number of fused-ring (bicyclic) bond motifs is 2. The van der Waals surface area contributed by atoms with Gasteiger partial charge in [-0.15, -0.1) is 0 Å². The van der Waals surface area contributed by atoms with Gasteiger partial charge in [0.25, 0.3) is 11.1 Å². The zero-order valence-electron chi connectivity index (χ0n) is 18.0. The van der Waals surface area contributed by atoms with Crippen LogP contribution >= 0.6 is 23.1 Å². The summed E-state index contributed by atoms with van der Waals surface area (Å²) in [7, 11) is 3.01. The summed E-state index contributed by atoms with van der Waals surface area (Å²) in [5, 5.41) is 5.62. The Morgan fingerprint density at radius 1 is 1.06 bits per heavy atom. The maximum Gasteiger partial charge on any atom is 0.332 e. The number of aromatic nitrogens is 7. The van der Waals surface area contributed by atoms with Gasteiger partial charge in [-0.25, -0.2) is 19.7 Å². The largest absolute Gasteiger partial charge is 0.332 e. The molecule has 0 spiro atoms. The van der Waals surface area contributed by atoms with Crippen LogP contribution in [0.15, 0.2) is 25.5 Å². The van der Waals surface area contributed by atoms with E-state index in [0.29, 0.717) is 27.3 Å². The van der Waals surface area contributed by atoms with E-state index in [1.807, 2.05) is 27.7 Å². The van der Waals surface area contributed by atoms with Gasteiger partial charge in [-0.1, -0.05) is 43.9 Å². The molecule has 0 fully saturated rings. The number of rotatable bonds is 3. The van der Waals surface area contributed by atoms with Crippen LogP contribution in [0.4, 0.5) is 0 Å². The van der Waals surface area contributed by atoms with E-state index >= 15 is 0 Å². The molecule has 0 aliphatic rings. The monoisotopic (exact) mass is 459 g/mol. The van der Waals surface area contributed by atoms with Gasteiger partial charge >= 0.3 is 5.69 Å². The molecule has 0 aliphatic heterocycles. The Balaban J connectivity index is 1.87. The van der Waals surface area contributed by atoms with Crippen molar-refractivity contribution in [3.8, 4) is 0 Å². The van der Waals surface area contributed by atoms with Gasteiger partial charge in [0.15, 0.2) is 5.65 Å². The van der Waals surface area contributed by atoms with E-state index in [2.05, 4.69) is 20.1 Å². The van der Waals surface area contributed by atoms with Crippen molar-refractivity contribution in [2.24, 2.45) is 14.1 Å². The molecule has 31 heavy (non-hydrogen) atoms. The van der Waals surface area contributed by atoms with E-state index in [0.717, 1.165) is 9.57 Å². The van der Waals surface area contributed by atoms with Gasteiger partial charge in [0.05, 0.1) is 5.69 Å². The number of hydrogen-bond donors (Lipinski definition) is 0. The molecule has 0 N–H and O–H groups in total. The molecule has 0 amide bonds. The fourth-order valence-electron chi connectivity index (χ4n) is 3.04. The molecule has 4 heterocycles. The Morgan fingerprint density at radius 3 is 2.45 bits per heavy atom. The van der Waals surface area contributed by atoms with Crippen molar-refractivity contribution >= 4 is 39.1 Å². The van der Waals surface area contributed by atoms with E-state index < -0.39 is 16.7 Å². The minimum atomic E-state index is -0.456. The van der Waals surface area contributed by atoms with Crippen LogP contribution in [0, 0.1) is 6.92 Å². The van der Waals surface area contributed by atoms with Crippen molar-refractivity contribution in [1.82, 2.24) is 33.7 Å². The lowest BCUT2D eigenvalue weighted by Crippen LogP contribution is -2.38. The minimum absolute atomic E-state index is 0.258. The molecule has 0 aromatic carbocycles. The Bertz CT molecular complexity index is 1520.